The highest BCUT2D eigenvalue weighted by atomic mass is 16.5. The van der Waals surface area contributed by atoms with Gasteiger partial charge in [-0.15, -0.1) is 0 Å². The Labute approximate surface area is 170 Å². The minimum Gasteiger partial charge on any atom is -0.490 e. The van der Waals surface area contributed by atoms with Crippen LogP contribution in [-0.2, 0) is 0 Å². The third-order valence-electron chi connectivity index (χ3n) is 5.73. The molecule has 2 unspecified atom stereocenters. The molecule has 5 heteroatoms. The van der Waals surface area contributed by atoms with Crippen LogP contribution in [0.2, 0.25) is 0 Å². The van der Waals surface area contributed by atoms with Crippen LogP contribution in [0.25, 0.3) is 0 Å². The largest absolute Gasteiger partial charge is 0.490 e. The number of ether oxygens (including phenoxy) is 2. The normalized spacial score (nSPS) is 21.0. The van der Waals surface area contributed by atoms with Crippen LogP contribution in [0.5, 0.6) is 11.5 Å². The van der Waals surface area contributed by atoms with Gasteiger partial charge in [-0.3, -0.25) is 0 Å². The van der Waals surface area contributed by atoms with Crippen molar-refractivity contribution in [1.82, 2.24) is 10.7 Å². The summed E-state index contributed by atoms with van der Waals surface area (Å²) < 4.78 is 11.9. The highest BCUT2D eigenvalue weighted by molar-refractivity contribution is 5.89. The monoisotopic (exact) mass is 387 g/mol. The summed E-state index contributed by atoms with van der Waals surface area (Å²) in [5.74, 6) is 2.14. The Hall–Kier alpha value is -1.75. The predicted octanol–water partition coefficient (Wildman–Crippen LogP) is 4.82. The lowest BCUT2D eigenvalue weighted by atomic mass is 9.87. The molecule has 2 aliphatic rings. The first-order valence-electron chi connectivity index (χ1n) is 11.3. The third kappa shape index (κ3) is 5.63. The van der Waals surface area contributed by atoms with Crippen molar-refractivity contribution in [2.24, 2.45) is 11.0 Å². The van der Waals surface area contributed by atoms with Crippen molar-refractivity contribution in [2.45, 2.75) is 71.3 Å². The van der Waals surface area contributed by atoms with Crippen LogP contribution in [0.1, 0.15) is 76.8 Å². The average Bonchev–Trinajstić information content (AvgIpc) is 3.15. The first-order chi connectivity index (χ1) is 13.8. The summed E-state index contributed by atoms with van der Waals surface area (Å²) in [5, 5.41) is 8.05. The van der Waals surface area contributed by atoms with E-state index >= 15 is 0 Å². The number of hydrogen-bond acceptors (Lipinski definition) is 5. The van der Waals surface area contributed by atoms with Gasteiger partial charge in [0.15, 0.2) is 11.5 Å². The van der Waals surface area contributed by atoms with Gasteiger partial charge in [-0.25, -0.2) is 0 Å². The van der Waals surface area contributed by atoms with Crippen molar-refractivity contribution < 1.29 is 9.47 Å². The number of hydrazone groups is 1. The Bertz CT molecular complexity index is 632. The Morgan fingerprint density at radius 1 is 1.00 bits per heavy atom. The van der Waals surface area contributed by atoms with Crippen molar-refractivity contribution in [3.63, 3.8) is 0 Å². The zero-order valence-electron chi connectivity index (χ0n) is 17.6. The second kappa shape index (κ2) is 11.3. The first-order valence-corrected chi connectivity index (χ1v) is 11.3. The van der Waals surface area contributed by atoms with E-state index < -0.39 is 0 Å². The Balaban J connectivity index is 1.51. The van der Waals surface area contributed by atoms with Gasteiger partial charge in [-0.1, -0.05) is 51.5 Å². The zero-order chi connectivity index (χ0) is 19.6. The van der Waals surface area contributed by atoms with E-state index in [0.717, 1.165) is 44.0 Å². The van der Waals surface area contributed by atoms with Gasteiger partial charge >= 0.3 is 0 Å². The molecule has 156 valence electrons. The summed E-state index contributed by atoms with van der Waals surface area (Å²) in [6, 6.07) is 6.58. The number of piperidine rings is 1. The van der Waals surface area contributed by atoms with Crippen LogP contribution in [-0.4, -0.2) is 32.0 Å². The van der Waals surface area contributed by atoms with Crippen molar-refractivity contribution in [2.75, 3.05) is 26.3 Å². The van der Waals surface area contributed by atoms with Crippen molar-refractivity contribution in [3.8, 4) is 11.5 Å². The summed E-state index contributed by atoms with van der Waals surface area (Å²) in [6.07, 6.45) is 10.1. The number of unbranched alkanes of at least 4 members (excludes halogenated alkanes) is 6. The lowest BCUT2D eigenvalue weighted by molar-refractivity contribution is 0.269. The highest BCUT2D eigenvalue weighted by Crippen LogP contribution is 2.36. The van der Waals surface area contributed by atoms with Crippen LogP contribution in [0, 0.1) is 5.92 Å². The number of nitrogens with zero attached hydrogens (tertiary/aromatic N) is 1. The van der Waals surface area contributed by atoms with Gasteiger partial charge in [0, 0.05) is 31.1 Å². The van der Waals surface area contributed by atoms with E-state index in [9.17, 15) is 0 Å². The van der Waals surface area contributed by atoms with E-state index in [0.29, 0.717) is 12.5 Å². The molecule has 0 bridgehead atoms. The minimum atomic E-state index is 0.221. The van der Waals surface area contributed by atoms with E-state index in [1.165, 1.54) is 49.8 Å². The van der Waals surface area contributed by atoms with Crippen LogP contribution >= 0.6 is 0 Å². The van der Waals surface area contributed by atoms with E-state index in [-0.39, 0.29) is 6.04 Å². The average molecular weight is 388 g/mol. The molecule has 0 aromatic heterocycles. The molecule has 2 aliphatic heterocycles. The Morgan fingerprint density at radius 3 is 2.64 bits per heavy atom. The third-order valence-corrected chi connectivity index (χ3v) is 5.73. The second-order valence-corrected chi connectivity index (χ2v) is 7.88. The molecular formula is C23H37N3O2. The SMILES string of the molecule is CCCCCCCCCOc1ccc(C2NN=C3CCNCC32)cc1OCC. The van der Waals surface area contributed by atoms with Crippen molar-refractivity contribution in [3.05, 3.63) is 23.8 Å². The maximum absolute atomic E-state index is 6.06. The molecule has 28 heavy (non-hydrogen) atoms. The van der Waals surface area contributed by atoms with Crippen LogP contribution < -0.4 is 20.2 Å². The van der Waals surface area contributed by atoms with Crippen molar-refractivity contribution >= 4 is 5.71 Å². The van der Waals surface area contributed by atoms with Gasteiger partial charge in [0.1, 0.15) is 0 Å². The van der Waals surface area contributed by atoms with Gasteiger partial charge < -0.3 is 20.2 Å². The Kier molecular flexibility index (Phi) is 8.46. The summed E-state index contributed by atoms with van der Waals surface area (Å²) in [4.78, 5) is 0. The second-order valence-electron chi connectivity index (χ2n) is 7.88. The van der Waals surface area contributed by atoms with Gasteiger partial charge in [0.05, 0.1) is 19.3 Å². The maximum Gasteiger partial charge on any atom is 0.161 e. The summed E-state index contributed by atoms with van der Waals surface area (Å²) in [6.45, 7) is 7.69. The molecule has 0 amide bonds. The van der Waals surface area contributed by atoms with Gasteiger partial charge in [-0.2, -0.15) is 5.10 Å². The number of fused-ring (bicyclic) bond motifs is 1. The number of benzene rings is 1. The molecule has 0 aliphatic carbocycles. The van der Waals surface area contributed by atoms with Crippen LogP contribution in [0.4, 0.5) is 0 Å². The molecule has 0 radical (unpaired) electrons. The standard InChI is InChI=1S/C23H37N3O2/c1-3-5-6-7-8-9-10-15-28-21-12-11-18(16-22(21)27-4-2)23-19-17-24-14-13-20(19)25-26-23/h11-12,16,19,23-24,26H,3-10,13-15,17H2,1-2H3. The minimum absolute atomic E-state index is 0.221. The molecule has 0 saturated carbocycles. The number of rotatable bonds is 12. The number of hydrogen-bond donors (Lipinski definition) is 2. The van der Waals surface area contributed by atoms with E-state index in [1.807, 2.05) is 6.92 Å². The first kappa shape index (κ1) is 21.0. The molecule has 1 aromatic rings. The van der Waals surface area contributed by atoms with E-state index in [4.69, 9.17) is 9.47 Å². The molecule has 2 N–H and O–H groups in total. The Morgan fingerprint density at radius 2 is 1.82 bits per heavy atom. The lowest BCUT2D eigenvalue weighted by Gasteiger charge is -2.25. The molecule has 2 heterocycles. The van der Waals surface area contributed by atoms with Gasteiger partial charge in [0.2, 0.25) is 0 Å². The fourth-order valence-corrected chi connectivity index (χ4v) is 4.12. The van der Waals surface area contributed by atoms with E-state index in [2.05, 4.69) is 41.0 Å². The summed E-state index contributed by atoms with van der Waals surface area (Å²) >= 11 is 0. The fourth-order valence-electron chi connectivity index (χ4n) is 4.12. The van der Waals surface area contributed by atoms with Crippen LogP contribution in [0.15, 0.2) is 23.3 Å². The predicted molar refractivity (Wildman–Crippen MR) is 115 cm³/mol. The van der Waals surface area contributed by atoms with Gasteiger partial charge in [-0.05, 0) is 31.0 Å². The fraction of sp³-hybridized carbons (Fsp3) is 0.696. The van der Waals surface area contributed by atoms with Crippen LogP contribution in [0.3, 0.4) is 0 Å². The molecule has 3 rings (SSSR count). The van der Waals surface area contributed by atoms with E-state index in [1.54, 1.807) is 0 Å². The molecule has 1 fully saturated rings. The lowest BCUT2D eigenvalue weighted by Crippen LogP contribution is -2.38. The molecule has 0 spiro atoms. The number of nitrogens with one attached hydrogen (secondary N) is 2. The van der Waals surface area contributed by atoms with Crippen molar-refractivity contribution in [1.29, 1.82) is 0 Å². The molecule has 1 aromatic carbocycles. The zero-order valence-corrected chi connectivity index (χ0v) is 17.6. The van der Waals surface area contributed by atoms with Gasteiger partial charge in [0.25, 0.3) is 0 Å². The summed E-state index contributed by atoms with van der Waals surface area (Å²) in [5.41, 5.74) is 5.85. The molecule has 1 saturated heterocycles. The quantitative estimate of drug-likeness (QED) is 0.505. The summed E-state index contributed by atoms with van der Waals surface area (Å²) in [7, 11) is 0. The maximum atomic E-state index is 6.06. The topological polar surface area (TPSA) is 54.9 Å². The molecular weight excluding hydrogens is 350 g/mol. The smallest absolute Gasteiger partial charge is 0.161 e. The molecule has 5 nitrogen and oxygen atoms in total. The highest BCUT2D eigenvalue weighted by Gasteiger charge is 2.34. The molecule has 2 atom stereocenters.